The van der Waals surface area contributed by atoms with Crippen LogP contribution in [0.3, 0.4) is 0 Å². The highest BCUT2D eigenvalue weighted by Crippen LogP contribution is 2.20. The lowest BCUT2D eigenvalue weighted by molar-refractivity contribution is -0.133. The summed E-state index contributed by atoms with van der Waals surface area (Å²) < 4.78 is 6.13. The molecule has 0 fully saturated rings. The van der Waals surface area contributed by atoms with Crippen LogP contribution in [0.25, 0.3) is 0 Å². The molecular formula is C16H17BrN2O3. The van der Waals surface area contributed by atoms with E-state index in [1.54, 1.807) is 12.1 Å². The van der Waals surface area contributed by atoms with Crippen molar-refractivity contribution in [1.82, 2.24) is 4.90 Å². The molecule has 22 heavy (non-hydrogen) atoms. The molecule has 1 N–H and O–H groups in total. The van der Waals surface area contributed by atoms with Crippen molar-refractivity contribution in [2.24, 2.45) is 0 Å². The zero-order valence-corrected chi connectivity index (χ0v) is 14.0. The minimum Gasteiger partial charge on any atom is -0.467 e. The molecule has 0 bridgehead atoms. The van der Waals surface area contributed by atoms with E-state index >= 15 is 0 Å². The zero-order chi connectivity index (χ0) is 16.1. The first-order valence-corrected chi connectivity index (χ1v) is 7.59. The number of rotatable bonds is 5. The summed E-state index contributed by atoms with van der Waals surface area (Å²) in [5.41, 5.74) is 1.77. The lowest BCUT2D eigenvalue weighted by Gasteiger charge is -2.19. The van der Waals surface area contributed by atoms with Gasteiger partial charge in [0.2, 0.25) is 11.8 Å². The Morgan fingerprint density at radius 1 is 1.32 bits per heavy atom. The van der Waals surface area contributed by atoms with E-state index in [-0.39, 0.29) is 24.9 Å². The largest absolute Gasteiger partial charge is 0.467 e. The number of aryl methyl sites for hydroxylation is 1. The molecule has 2 aromatic rings. The van der Waals surface area contributed by atoms with Gasteiger partial charge < -0.3 is 14.6 Å². The number of anilines is 1. The van der Waals surface area contributed by atoms with E-state index in [0.717, 1.165) is 10.0 Å². The summed E-state index contributed by atoms with van der Waals surface area (Å²) in [6, 6.07) is 9.08. The number of nitrogens with one attached hydrogen (secondary N) is 1. The van der Waals surface area contributed by atoms with Gasteiger partial charge in [-0.2, -0.15) is 0 Å². The molecule has 1 aromatic heterocycles. The molecule has 0 saturated carbocycles. The number of hydrogen-bond acceptors (Lipinski definition) is 3. The number of benzene rings is 1. The Hall–Kier alpha value is -2.08. The van der Waals surface area contributed by atoms with Gasteiger partial charge in [-0.05, 0) is 36.8 Å². The second kappa shape index (κ2) is 7.26. The van der Waals surface area contributed by atoms with Crippen molar-refractivity contribution in [2.45, 2.75) is 20.4 Å². The molecule has 2 rings (SSSR count). The number of amides is 2. The van der Waals surface area contributed by atoms with Crippen LogP contribution in [0.4, 0.5) is 5.69 Å². The summed E-state index contributed by atoms with van der Waals surface area (Å²) in [6.45, 7) is 3.64. The van der Waals surface area contributed by atoms with Gasteiger partial charge in [-0.25, -0.2) is 0 Å². The third-order valence-electron chi connectivity index (χ3n) is 3.16. The normalized spacial score (nSPS) is 10.3. The summed E-state index contributed by atoms with van der Waals surface area (Å²) in [5.74, 6) is 0.204. The molecule has 1 aromatic carbocycles. The standard InChI is InChI=1S/C16H17BrN2O3/c1-11-5-6-13(8-15(11)17)18-16(21)10-19(12(2)20)9-14-4-3-7-22-14/h3-8H,9-10H2,1-2H3,(H,18,21). The van der Waals surface area contributed by atoms with Crippen LogP contribution in [-0.4, -0.2) is 23.3 Å². The molecule has 0 aliphatic rings. The van der Waals surface area contributed by atoms with Crippen molar-refractivity contribution >= 4 is 33.4 Å². The van der Waals surface area contributed by atoms with E-state index in [2.05, 4.69) is 21.2 Å². The predicted octanol–water partition coefficient (Wildman–Crippen LogP) is 3.34. The van der Waals surface area contributed by atoms with Gasteiger partial charge >= 0.3 is 0 Å². The minimum absolute atomic E-state index is 0.0263. The molecule has 0 spiro atoms. The fourth-order valence-electron chi connectivity index (χ4n) is 1.91. The van der Waals surface area contributed by atoms with E-state index < -0.39 is 0 Å². The minimum atomic E-state index is -0.252. The van der Waals surface area contributed by atoms with Crippen LogP contribution in [0.1, 0.15) is 18.2 Å². The Kier molecular flexibility index (Phi) is 5.38. The number of carbonyl (C=O) groups excluding carboxylic acids is 2. The molecule has 0 atom stereocenters. The number of furan rings is 1. The molecule has 0 aliphatic carbocycles. The Morgan fingerprint density at radius 2 is 2.09 bits per heavy atom. The second-order valence-electron chi connectivity index (χ2n) is 4.97. The molecular weight excluding hydrogens is 348 g/mol. The third-order valence-corrected chi connectivity index (χ3v) is 4.02. The molecule has 0 aliphatic heterocycles. The monoisotopic (exact) mass is 364 g/mol. The second-order valence-corrected chi connectivity index (χ2v) is 5.82. The van der Waals surface area contributed by atoms with Gasteiger partial charge in [-0.3, -0.25) is 9.59 Å². The molecule has 0 unspecified atom stereocenters. The van der Waals surface area contributed by atoms with Crippen molar-refractivity contribution in [3.05, 3.63) is 52.4 Å². The molecule has 0 saturated heterocycles. The van der Waals surface area contributed by atoms with Crippen LogP contribution >= 0.6 is 15.9 Å². The average molecular weight is 365 g/mol. The molecule has 116 valence electrons. The molecule has 6 heteroatoms. The molecule has 2 amide bonds. The fraction of sp³-hybridized carbons (Fsp3) is 0.250. The van der Waals surface area contributed by atoms with Crippen molar-refractivity contribution < 1.29 is 14.0 Å². The van der Waals surface area contributed by atoms with Crippen molar-refractivity contribution in [1.29, 1.82) is 0 Å². The maximum Gasteiger partial charge on any atom is 0.244 e. The van der Waals surface area contributed by atoms with Crippen LogP contribution in [0.2, 0.25) is 0 Å². The third kappa shape index (κ3) is 4.46. The maximum absolute atomic E-state index is 12.1. The smallest absolute Gasteiger partial charge is 0.244 e. The highest BCUT2D eigenvalue weighted by atomic mass is 79.9. The first-order valence-electron chi connectivity index (χ1n) is 6.79. The zero-order valence-electron chi connectivity index (χ0n) is 12.4. The summed E-state index contributed by atoms with van der Waals surface area (Å²) >= 11 is 3.42. The highest BCUT2D eigenvalue weighted by molar-refractivity contribution is 9.10. The molecule has 5 nitrogen and oxygen atoms in total. The Labute approximate surface area is 137 Å². The van der Waals surface area contributed by atoms with Gasteiger partial charge in [0.15, 0.2) is 0 Å². The first kappa shape index (κ1) is 16.3. The van der Waals surface area contributed by atoms with E-state index in [9.17, 15) is 9.59 Å². The van der Waals surface area contributed by atoms with Crippen molar-refractivity contribution in [3.8, 4) is 0 Å². The lowest BCUT2D eigenvalue weighted by atomic mass is 10.2. The summed E-state index contributed by atoms with van der Waals surface area (Å²) in [7, 11) is 0. The number of halogens is 1. The topological polar surface area (TPSA) is 62.6 Å². The number of hydrogen-bond donors (Lipinski definition) is 1. The summed E-state index contributed by atoms with van der Waals surface area (Å²) in [4.78, 5) is 25.2. The Balaban J connectivity index is 1.98. The lowest BCUT2D eigenvalue weighted by Crippen LogP contribution is -2.36. The van der Waals surface area contributed by atoms with E-state index in [1.165, 1.54) is 18.1 Å². The quantitative estimate of drug-likeness (QED) is 0.884. The van der Waals surface area contributed by atoms with Gasteiger partial charge in [-0.1, -0.05) is 22.0 Å². The first-order chi connectivity index (χ1) is 10.5. The SMILES string of the molecule is CC(=O)N(CC(=O)Nc1ccc(C)c(Br)c1)Cc1ccco1. The molecule has 0 radical (unpaired) electrons. The average Bonchev–Trinajstić information content (AvgIpc) is 2.95. The van der Waals surface area contributed by atoms with Gasteiger partial charge in [0.05, 0.1) is 12.8 Å². The van der Waals surface area contributed by atoms with Gasteiger partial charge in [-0.15, -0.1) is 0 Å². The maximum atomic E-state index is 12.1. The highest BCUT2D eigenvalue weighted by Gasteiger charge is 2.15. The van der Waals surface area contributed by atoms with Crippen LogP contribution in [0, 0.1) is 6.92 Å². The van der Waals surface area contributed by atoms with Gasteiger partial charge in [0.25, 0.3) is 0 Å². The number of nitrogens with zero attached hydrogens (tertiary/aromatic N) is 1. The van der Waals surface area contributed by atoms with E-state index in [0.29, 0.717) is 11.4 Å². The van der Waals surface area contributed by atoms with Gasteiger partial charge in [0.1, 0.15) is 12.3 Å². The van der Waals surface area contributed by atoms with Crippen LogP contribution < -0.4 is 5.32 Å². The summed E-state index contributed by atoms with van der Waals surface area (Å²) in [5, 5.41) is 2.78. The summed E-state index contributed by atoms with van der Waals surface area (Å²) in [6.07, 6.45) is 1.54. The van der Waals surface area contributed by atoms with Crippen LogP contribution in [-0.2, 0) is 16.1 Å². The number of carbonyl (C=O) groups is 2. The molecule has 1 heterocycles. The van der Waals surface area contributed by atoms with Gasteiger partial charge in [0, 0.05) is 17.1 Å². The Bertz CT molecular complexity index is 668. The van der Waals surface area contributed by atoms with Crippen molar-refractivity contribution in [3.63, 3.8) is 0 Å². The Morgan fingerprint density at radius 3 is 2.68 bits per heavy atom. The van der Waals surface area contributed by atoms with E-state index in [1.807, 2.05) is 25.1 Å². The van der Waals surface area contributed by atoms with Crippen molar-refractivity contribution in [2.75, 3.05) is 11.9 Å². The predicted molar refractivity (Wildman–Crippen MR) is 87.3 cm³/mol. The van der Waals surface area contributed by atoms with E-state index in [4.69, 9.17) is 4.42 Å². The van der Waals surface area contributed by atoms with Crippen LogP contribution in [0.15, 0.2) is 45.5 Å². The van der Waals surface area contributed by atoms with Crippen LogP contribution in [0.5, 0.6) is 0 Å². The fourth-order valence-corrected chi connectivity index (χ4v) is 2.29.